The summed E-state index contributed by atoms with van der Waals surface area (Å²) in [4.78, 5) is 34.3. The molecule has 0 spiro atoms. The summed E-state index contributed by atoms with van der Waals surface area (Å²) in [6, 6.07) is 9.56. The summed E-state index contributed by atoms with van der Waals surface area (Å²) < 4.78 is 5.37. The van der Waals surface area contributed by atoms with Crippen molar-refractivity contribution in [1.29, 1.82) is 0 Å². The largest absolute Gasteiger partial charge is 0.460 e. The van der Waals surface area contributed by atoms with E-state index in [1.54, 1.807) is 18.3 Å². The van der Waals surface area contributed by atoms with Gasteiger partial charge in [-0.05, 0) is 43.7 Å². The third-order valence-electron chi connectivity index (χ3n) is 4.65. The molecule has 2 aromatic heterocycles. The highest BCUT2D eigenvalue weighted by atomic mass is 32.2. The van der Waals surface area contributed by atoms with Gasteiger partial charge in [0, 0.05) is 4.88 Å². The molecule has 27 heavy (non-hydrogen) atoms. The Morgan fingerprint density at radius 1 is 1.30 bits per heavy atom. The third-order valence-corrected chi connectivity index (χ3v) is 6.80. The monoisotopic (exact) mass is 400 g/mol. The second kappa shape index (κ2) is 7.86. The fraction of sp³-hybridized carbons (Fsp3) is 0.350. The van der Waals surface area contributed by atoms with Crippen LogP contribution in [0.5, 0.6) is 0 Å². The number of aromatic amines is 1. The van der Waals surface area contributed by atoms with Crippen molar-refractivity contribution in [3.05, 3.63) is 56.7 Å². The van der Waals surface area contributed by atoms with E-state index in [2.05, 4.69) is 9.97 Å². The van der Waals surface area contributed by atoms with Crippen LogP contribution in [0.2, 0.25) is 0 Å². The summed E-state index contributed by atoms with van der Waals surface area (Å²) >= 11 is 2.84. The third kappa shape index (κ3) is 3.94. The Morgan fingerprint density at radius 2 is 2.07 bits per heavy atom. The molecule has 5 nitrogen and oxygen atoms in total. The van der Waals surface area contributed by atoms with Crippen molar-refractivity contribution in [3.8, 4) is 0 Å². The molecular formula is C20H20N2O3S2. The Labute approximate surface area is 165 Å². The maximum absolute atomic E-state index is 12.6. The number of carbonyl (C=O) groups excluding carboxylic acids is 1. The predicted octanol–water partition coefficient (Wildman–Crippen LogP) is 4.09. The molecule has 140 valence electrons. The summed E-state index contributed by atoms with van der Waals surface area (Å²) in [6.45, 7) is 2.01. The van der Waals surface area contributed by atoms with Crippen LogP contribution in [0.25, 0.3) is 10.2 Å². The minimum Gasteiger partial charge on any atom is -0.460 e. The van der Waals surface area contributed by atoms with Crippen molar-refractivity contribution in [2.24, 2.45) is 0 Å². The van der Waals surface area contributed by atoms with Gasteiger partial charge >= 0.3 is 5.97 Å². The number of fused-ring (bicyclic) bond motifs is 3. The Balaban J connectivity index is 1.47. The second-order valence-electron chi connectivity index (χ2n) is 6.62. The molecule has 0 saturated heterocycles. The van der Waals surface area contributed by atoms with E-state index in [0.29, 0.717) is 5.16 Å². The van der Waals surface area contributed by atoms with Crippen LogP contribution in [0.15, 0.2) is 40.3 Å². The lowest BCUT2D eigenvalue weighted by molar-refractivity contribution is -0.143. The zero-order valence-corrected chi connectivity index (χ0v) is 16.6. The zero-order valence-electron chi connectivity index (χ0n) is 15.0. The Morgan fingerprint density at radius 3 is 2.89 bits per heavy atom. The van der Waals surface area contributed by atoms with Gasteiger partial charge in [0.25, 0.3) is 5.56 Å². The van der Waals surface area contributed by atoms with E-state index in [1.165, 1.54) is 28.6 Å². The van der Waals surface area contributed by atoms with E-state index >= 15 is 0 Å². The fourth-order valence-corrected chi connectivity index (χ4v) is 5.38. The van der Waals surface area contributed by atoms with Crippen LogP contribution < -0.4 is 5.56 Å². The average molecular weight is 401 g/mol. The molecule has 2 heterocycles. The number of thiophene rings is 1. The van der Waals surface area contributed by atoms with E-state index < -0.39 is 5.25 Å². The Bertz CT molecular complexity index is 1030. The highest BCUT2D eigenvalue weighted by Gasteiger charge is 2.22. The topological polar surface area (TPSA) is 72.0 Å². The summed E-state index contributed by atoms with van der Waals surface area (Å²) in [6.07, 6.45) is 4.28. The lowest BCUT2D eigenvalue weighted by Crippen LogP contribution is -2.18. The van der Waals surface area contributed by atoms with E-state index in [-0.39, 0.29) is 18.1 Å². The van der Waals surface area contributed by atoms with Crippen molar-refractivity contribution < 1.29 is 9.53 Å². The predicted molar refractivity (Wildman–Crippen MR) is 108 cm³/mol. The quantitative estimate of drug-likeness (QED) is 0.397. The smallest absolute Gasteiger partial charge is 0.319 e. The number of esters is 1. The van der Waals surface area contributed by atoms with Gasteiger partial charge in [-0.25, -0.2) is 4.98 Å². The number of rotatable bonds is 5. The SMILES string of the molecule is C[C@@H](Sc1nc2sc3c(c2c(=O)[nH]1)CCCC3)C(=O)OCc1ccccc1. The lowest BCUT2D eigenvalue weighted by atomic mass is 9.97. The van der Waals surface area contributed by atoms with Crippen molar-refractivity contribution in [2.75, 3.05) is 0 Å². The van der Waals surface area contributed by atoms with Crippen LogP contribution in [0.4, 0.5) is 0 Å². The number of aromatic nitrogens is 2. The van der Waals surface area contributed by atoms with Gasteiger partial charge in [0.05, 0.1) is 5.39 Å². The Hall–Kier alpha value is -2.12. The van der Waals surface area contributed by atoms with Crippen LogP contribution in [0.1, 0.15) is 35.8 Å². The number of hydrogen-bond acceptors (Lipinski definition) is 6. The number of nitrogens with zero attached hydrogens (tertiary/aromatic N) is 1. The summed E-state index contributed by atoms with van der Waals surface area (Å²) in [5.41, 5.74) is 2.01. The highest BCUT2D eigenvalue weighted by Crippen LogP contribution is 2.34. The number of hydrogen-bond donors (Lipinski definition) is 1. The van der Waals surface area contributed by atoms with Gasteiger partial charge in [0.2, 0.25) is 0 Å². The first-order chi connectivity index (χ1) is 13.1. The number of ether oxygens (including phenoxy) is 1. The molecule has 1 N–H and O–H groups in total. The first kappa shape index (κ1) is 18.3. The van der Waals surface area contributed by atoms with E-state index in [9.17, 15) is 9.59 Å². The maximum Gasteiger partial charge on any atom is 0.319 e. The molecule has 0 bridgehead atoms. The molecule has 1 aromatic carbocycles. The van der Waals surface area contributed by atoms with Crippen LogP contribution in [0, 0.1) is 0 Å². The Kier molecular flexibility index (Phi) is 5.31. The van der Waals surface area contributed by atoms with Crippen molar-refractivity contribution in [2.45, 2.75) is 49.6 Å². The molecule has 4 rings (SSSR count). The van der Waals surface area contributed by atoms with E-state index in [4.69, 9.17) is 4.74 Å². The van der Waals surface area contributed by atoms with E-state index in [0.717, 1.165) is 35.0 Å². The van der Waals surface area contributed by atoms with Gasteiger partial charge in [-0.15, -0.1) is 11.3 Å². The zero-order chi connectivity index (χ0) is 18.8. The summed E-state index contributed by atoms with van der Waals surface area (Å²) in [7, 11) is 0. The average Bonchev–Trinajstić information content (AvgIpc) is 3.05. The molecule has 1 atom stereocenters. The van der Waals surface area contributed by atoms with Gasteiger partial charge in [-0.3, -0.25) is 9.59 Å². The number of carbonyl (C=O) groups is 1. The van der Waals surface area contributed by atoms with Gasteiger partial charge in [-0.1, -0.05) is 42.1 Å². The molecule has 1 aliphatic rings. The van der Waals surface area contributed by atoms with Crippen LogP contribution in [-0.4, -0.2) is 21.2 Å². The molecule has 0 radical (unpaired) electrons. The van der Waals surface area contributed by atoms with Crippen LogP contribution >= 0.6 is 23.1 Å². The minimum absolute atomic E-state index is 0.105. The molecule has 0 aliphatic heterocycles. The molecular weight excluding hydrogens is 380 g/mol. The second-order valence-corrected chi connectivity index (χ2v) is 9.03. The van der Waals surface area contributed by atoms with Crippen molar-refractivity contribution in [1.82, 2.24) is 9.97 Å². The maximum atomic E-state index is 12.6. The molecule has 0 fully saturated rings. The molecule has 7 heteroatoms. The van der Waals surface area contributed by atoms with Gasteiger partial charge in [0.1, 0.15) is 16.7 Å². The number of H-pyrrole nitrogens is 1. The summed E-state index contributed by atoms with van der Waals surface area (Å²) in [5.74, 6) is -0.322. The normalized spacial score (nSPS) is 14.7. The van der Waals surface area contributed by atoms with Gasteiger partial charge in [-0.2, -0.15) is 0 Å². The molecule has 0 saturated carbocycles. The first-order valence-electron chi connectivity index (χ1n) is 9.03. The lowest BCUT2D eigenvalue weighted by Gasteiger charge is -2.11. The molecule has 1 aliphatic carbocycles. The molecule has 0 amide bonds. The van der Waals surface area contributed by atoms with Crippen LogP contribution in [-0.2, 0) is 29.0 Å². The standard InChI is InChI=1S/C20H20N2O3S2/c1-12(19(24)25-11-13-7-3-2-4-8-13)26-20-21-17(23)16-14-9-5-6-10-15(14)27-18(16)22-20/h2-4,7-8,12H,5-6,9-11H2,1H3,(H,21,22,23)/t12-/m1/s1. The minimum atomic E-state index is -0.455. The number of thioether (sulfide) groups is 1. The number of aryl methyl sites for hydroxylation is 2. The van der Waals surface area contributed by atoms with Crippen molar-refractivity contribution in [3.63, 3.8) is 0 Å². The number of nitrogens with one attached hydrogen (secondary N) is 1. The molecule has 3 aromatic rings. The van der Waals surface area contributed by atoms with Gasteiger partial charge in [0.15, 0.2) is 5.16 Å². The van der Waals surface area contributed by atoms with Crippen LogP contribution in [0.3, 0.4) is 0 Å². The first-order valence-corrected chi connectivity index (χ1v) is 10.7. The molecule has 0 unspecified atom stereocenters. The fourth-order valence-electron chi connectivity index (χ4n) is 3.26. The number of benzene rings is 1. The van der Waals surface area contributed by atoms with E-state index in [1.807, 2.05) is 30.3 Å². The van der Waals surface area contributed by atoms with Crippen molar-refractivity contribution >= 4 is 39.3 Å². The summed E-state index contributed by atoms with van der Waals surface area (Å²) in [5, 5.41) is 0.748. The highest BCUT2D eigenvalue weighted by molar-refractivity contribution is 8.00. The van der Waals surface area contributed by atoms with Gasteiger partial charge < -0.3 is 9.72 Å².